The molecule has 0 saturated heterocycles. The van der Waals surface area contributed by atoms with E-state index in [2.05, 4.69) is 11.5 Å². The average Bonchev–Trinajstić information content (AvgIpc) is 1.83. The summed E-state index contributed by atoms with van der Waals surface area (Å²) in [7, 11) is 0. The van der Waals surface area contributed by atoms with Crippen molar-refractivity contribution in [2.45, 2.75) is 13.0 Å². The Kier molecular flexibility index (Phi) is 4.21. The van der Waals surface area contributed by atoms with Gasteiger partial charge in [0.1, 0.15) is 6.10 Å². The van der Waals surface area contributed by atoms with Crippen molar-refractivity contribution in [3.63, 3.8) is 0 Å². The van der Waals surface area contributed by atoms with Crippen molar-refractivity contribution in [2.75, 3.05) is 0 Å². The quantitative estimate of drug-likeness (QED) is 0.343. The summed E-state index contributed by atoms with van der Waals surface area (Å²) in [5.74, 6) is 0. The van der Waals surface area contributed by atoms with E-state index in [1.807, 2.05) is 0 Å². The fraction of sp³-hybridized carbons (Fsp3) is 0.333. The highest BCUT2D eigenvalue weighted by Crippen LogP contribution is 1.87. The summed E-state index contributed by atoms with van der Waals surface area (Å²) in [5, 5.41) is 7.98. The van der Waals surface area contributed by atoms with E-state index in [1.54, 1.807) is 25.2 Å². The first-order valence-corrected chi connectivity index (χ1v) is 2.40. The minimum atomic E-state index is -0.243. The summed E-state index contributed by atoms with van der Waals surface area (Å²) >= 11 is 0. The van der Waals surface area contributed by atoms with Crippen LogP contribution >= 0.6 is 0 Å². The van der Waals surface area contributed by atoms with Gasteiger partial charge in [-0.2, -0.15) is 0 Å². The van der Waals surface area contributed by atoms with Gasteiger partial charge >= 0.3 is 0 Å². The Morgan fingerprint density at radius 1 is 1.75 bits per heavy atom. The van der Waals surface area contributed by atoms with E-state index in [0.29, 0.717) is 0 Å². The molecule has 46 valence electrons. The third-order valence-electron chi connectivity index (χ3n) is 0.684. The molecule has 0 spiro atoms. The van der Waals surface area contributed by atoms with E-state index < -0.39 is 0 Å². The third kappa shape index (κ3) is 3.59. The molecule has 0 saturated carbocycles. The van der Waals surface area contributed by atoms with Crippen LogP contribution < -0.4 is 0 Å². The minimum Gasteiger partial charge on any atom is -0.251 e. The van der Waals surface area contributed by atoms with Crippen molar-refractivity contribution >= 4 is 0 Å². The van der Waals surface area contributed by atoms with Crippen LogP contribution in [0, 0.1) is 0 Å². The molecule has 1 atom stereocenters. The summed E-state index contributed by atoms with van der Waals surface area (Å²) in [5.41, 5.74) is 0. The number of hydrogen-bond donors (Lipinski definition) is 1. The second kappa shape index (κ2) is 4.56. The van der Waals surface area contributed by atoms with E-state index >= 15 is 0 Å². The molecule has 0 aromatic carbocycles. The predicted molar refractivity (Wildman–Crippen MR) is 32.5 cm³/mol. The normalized spacial score (nSPS) is 14.2. The van der Waals surface area contributed by atoms with Gasteiger partial charge in [0.2, 0.25) is 0 Å². The van der Waals surface area contributed by atoms with Crippen molar-refractivity contribution in [1.29, 1.82) is 0 Å². The molecule has 1 N–H and O–H groups in total. The van der Waals surface area contributed by atoms with Crippen LogP contribution in [0.3, 0.4) is 0 Å². The average molecular weight is 114 g/mol. The topological polar surface area (TPSA) is 29.5 Å². The zero-order valence-electron chi connectivity index (χ0n) is 4.87. The zero-order chi connectivity index (χ0) is 6.41. The smallest absolute Gasteiger partial charge is 0.108 e. The van der Waals surface area contributed by atoms with E-state index in [-0.39, 0.29) is 6.10 Å². The number of allylic oxidation sites excluding steroid dienone is 2. The molecule has 0 radical (unpaired) electrons. The first-order chi connectivity index (χ1) is 3.81. The Hall–Kier alpha value is -0.600. The first kappa shape index (κ1) is 7.40. The predicted octanol–water partition coefficient (Wildman–Crippen LogP) is 1.61. The van der Waals surface area contributed by atoms with Gasteiger partial charge in [0.15, 0.2) is 0 Å². The van der Waals surface area contributed by atoms with Gasteiger partial charge in [-0.3, -0.25) is 5.26 Å². The maximum atomic E-state index is 7.98. The lowest BCUT2D eigenvalue weighted by molar-refractivity contribution is -0.261. The molecule has 0 aliphatic rings. The molecular weight excluding hydrogens is 104 g/mol. The lowest BCUT2D eigenvalue weighted by atomic mass is 10.3. The van der Waals surface area contributed by atoms with Gasteiger partial charge in [-0.1, -0.05) is 24.8 Å². The Morgan fingerprint density at radius 3 is 2.75 bits per heavy atom. The molecule has 0 amide bonds. The molecule has 0 bridgehead atoms. The van der Waals surface area contributed by atoms with Gasteiger partial charge in [0.25, 0.3) is 0 Å². The zero-order valence-corrected chi connectivity index (χ0v) is 4.87. The Morgan fingerprint density at radius 2 is 2.38 bits per heavy atom. The summed E-state index contributed by atoms with van der Waals surface area (Å²) in [6.45, 7) is 5.17. The summed E-state index contributed by atoms with van der Waals surface area (Å²) in [4.78, 5) is 3.92. The van der Waals surface area contributed by atoms with Crippen LogP contribution in [0.25, 0.3) is 0 Å². The highest BCUT2D eigenvalue weighted by atomic mass is 17.1. The molecule has 2 heteroatoms. The number of hydrogen-bond acceptors (Lipinski definition) is 2. The largest absolute Gasteiger partial charge is 0.251 e. The second-order valence-corrected chi connectivity index (χ2v) is 1.43. The van der Waals surface area contributed by atoms with Crippen molar-refractivity contribution in [3.8, 4) is 0 Å². The molecule has 1 unspecified atom stereocenters. The molecule has 0 fully saturated rings. The highest BCUT2D eigenvalue weighted by Gasteiger charge is 1.88. The SMILES string of the molecule is C=C/C=C/C(C)OO. The maximum absolute atomic E-state index is 7.98. The van der Waals surface area contributed by atoms with Crippen molar-refractivity contribution in [1.82, 2.24) is 0 Å². The van der Waals surface area contributed by atoms with Crippen LogP contribution in [0.15, 0.2) is 24.8 Å². The minimum absolute atomic E-state index is 0.243. The van der Waals surface area contributed by atoms with Gasteiger partial charge < -0.3 is 0 Å². The van der Waals surface area contributed by atoms with E-state index in [1.165, 1.54) is 0 Å². The van der Waals surface area contributed by atoms with Crippen molar-refractivity contribution < 1.29 is 10.1 Å². The monoisotopic (exact) mass is 114 g/mol. The Labute approximate surface area is 49.0 Å². The van der Waals surface area contributed by atoms with Crippen LogP contribution in [0.4, 0.5) is 0 Å². The fourth-order valence-corrected chi connectivity index (χ4v) is 0.270. The second-order valence-electron chi connectivity index (χ2n) is 1.43. The van der Waals surface area contributed by atoms with Crippen molar-refractivity contribution in [3.05, 3.63) is 24.8 Å². The van der Waals surface area contributed by atoms with Crippen LogP contribution in [0.5, 0.6) is 0 Å². The lowest BCUT2D eigenvalue weighted by Gasteiger charge is -1.95. The van der Waals surface area contributed by atoms with Gasteiger partial charge in [0.05, 0.1) is 0 Å². The van der Waals surface area contributed by atoms with Crippen LogP contribution in [0.2, 0.25) is 0 Å². The van der Waals surface area contributed by atoms with Crippen molar-refractivity contribution in [2.24, 2.45) is 0 Å². The van der Waals surface area contributed by atoms with Crippen LogP contribution in [-0.2, 0) is 4.89 Å². The summed E-state index contributed by atoms with van der Waals surface area (Å²) in [6, 6.07) is 0. The van der Waals surface area contributed by atoms with Gasteiger partial charge in [-0.25, -0.2) is 4.89 Å². The van der Waals surface area contributed by atoms with Gasteiger partial charge in [0, 0.05) is 0 Å². The maximum Gasteiger partial charge on any atom is 0.108 e. The van der Waals surface area contributed by atoms with Gasteiger partial charge in [-0.15, -0.1) is 0 Å². The van der Waals surface area contributed by atoms with E-state index in [9.17, 15) is 0 Å². The molecule has 0 aromatic heterocycles. The molecule has 0 heterocycles. The molecule has 0 aliphatic heterocycles. The molecule has 0 aliphatic carbocycles. The van der Waals surface area contributed by atoms with Gasteiger partial charge in [-0.05, 0) is 6.92 Å². The molecule has 2 nitrogen and oxygen atoms in total. The van der Waals surface area contributed by atoms with E-state index in [4.69, 9.17) is 5.26 Å². The van der Waals surface area contributed by atoms with E-state index in [0.717, 1.165) is 0 Å². The number of rotatable bonds is 3. The molecule has 0 rings (SSSR count). The highest BCUT2D eigenvalue weighted by molar-refractivity contribution is 4.99. The Balaban J connectivity index is 3.35. The first-order valence-electron chi connectivity index (χ1n) is 2.40. The third-order valence-corrected chi connectivity index (χ3v) is 0.684. The Bertz CT molecular complexity index is 86.5. The lowest BCUT2D eigenvalue weighted by Crippen LogP contribution is -1.98. The summed E-state index contributed by atoms with van der Waals surface area (Å²) < 4.78 is 0. The van der Waals surface area contributed by atoms with Crippen LogP contribution in [-0.4, -0.2) is 11.4 Å². The van der Waals surface area contributed by atoms with Crippen LogP contribution in [0.1, 0.15) is 6.92 Å². The standard InChI is InChI=1S/C6H10O2/c1-3-4-5-6(2)8-7/h3-7H,1H2,2H3/b5-4+. The fourth-order valence-electron chi connectivity index (χ4n) is 0.270. The molecule has 0 aromatic rings. The molecule has 8 heavy (non-hydrogen) atoms. The molecular formula is C6H10O2. The summed E-state index contributed by atoms with van der Waals surface area (Å²) in [6.07, 6.45) is 4.77.